The predicted molar refractivity (Wildman–Crippen MR) is 155 cm³/mol. The highest BCUT2D eigenvalue weighted by atomic mass is 35.5. The fourth-order valence-corrected chi connectivity index (χ4v) is 6.35. The number of primary amides is 1. The molecule has 2 saturated carbocycles. The zero-order chi connectivity index (χ0) is 29.6. The number of ether oxygens (including phenoxy) is 2. The van der Waals surface area contributed by atoms with Crippen LogP contribution in [0.15, 0.2) is 36.5 Å². The van der Waals surface area contributed by atoms with Crippen LogP contribution in [0.3, 0.4) is 0 Å². The quantitative estimate of drug-likeness (QED) is 0.370. The van der Waals surface area contributed by atoms with Crippen molar-refractivity contribution in [3.8, 4) is 16.9 Å². The van der Waals surface area contributed by atoms with Crippen molar-refractivity contribution in [3.05, 3.63) is 69.8 Å². The standard InChI is InChI=1S/C32H31ClN4O5/c1-31(2)30(40)37(15-20-10-9-19(33)14-35-20)22-11-6-17(13-23(22)41-31)24-25(28(34)38)21(12-16-4-5-16)36-27-26(24)29(39)42-32(27,3)18-7-8-18/h6,9-11,13-14,16,18H,4-5,7-8,12,15H2,1-3H3,(H2,34,38). The predicted octanol–water partition coefficient (Wildman–Crippen LogP) is 5.35. The minimum Gasteiger partial charge on any atom is -0.476 e. The Bertz CT molecular complexity index is 1680. The van der Waals surface area contributed by atoms with Gasteiger partial charge in [0.05, 0.1) is 45.5 Å². The van der Waals surface area contributed by atoms with Gasteiger partial charge in [-0.1, -0.05) is 17.7 Å². The number of amides is 2. The molecule has 4 aliphatic rings. The summed E-state index contributed by atoms with van der Waals surface area (Å²) in [6, 6.07) is 8.84. The largest absolute Gasteiger partial charge is 0.476 e. The molecule has 42 heavy (non-hydrogen) atoms. The molecule has 2 N–H and O–H groups in total. The Hall–Kier alpha value is -3.98. The maximum Gasteiger partial charge on any atom is 0.341 e. The van der Waals surface area contributed by atoms with Crippen molar-refractivity contribution in [2.45, 2.75) is 70.6 Å². The third-order valence-electron chi connectivity index (χ3n) is 8.81. The molecule has 1 unspecified atom stereocenters. The molecular formula is C32H31ClN4O5. The van der Waals surface area contributed by atoms with Crippen molar-refractivity contribution < 1.29 is 23.9 Å². The first-order chi connectivity index (χ1) is 20.0. The Labute approximate surface area is 248 Å². The number of rotatable bonds is 7. The lowest BCUT2D eigenvalue weighted by Crippen LogP contribution is -2.52. The van der Waals surface area contributed by atoms with E-state index in [1.54, 1.807) is 55.3 Å². The van der Waals surface area contributed by atoms with Crippen LogP contribution in [0.25, 0.3) is 11.1 Å². The summed E-state index contributed by atoms with van der Waals surface area (Å²) >= 11 is 6.02. The maximum atomic E-state index is 13.5. The van der Waals surface area contributed by atoms with Gasteiger partial charge >= 0.3 is 5.97 Å². The lowest BCUT2D eigenvalue weighted by Gasteiger charge is -2.39. The second kappa shape index (κ2) is 9.26. The second-order valence-corrected chi connectivity index (χ2v) is 12.9. The summed E-state index contributed by atoms with van der Waals surface area (Å²) in [6.07, 6.45) is 6.18. The Morgan fingerprint density at radius 1 is 1.07 bits per heavy atom. The Kier molecular flexibility index (Phi) is 5.93. The summed E-state index contributed by atoms with van der Waals surface area (Å²) in [5, 5.41) is 0.505. The first-order valence-electron chi connectivity index (χ1n) is 14.3. The highest BCUT2D eigenvalue weighted by molar-refractivity contribution is 6.30. The van der Waals surface area contributed by atoms with Crippen LogP contribution >= 0.6 is 11.6 Å². The van der Waals surface area contributed by atoms with Gasteiger partial charge in [0.2, 0.25) is 0 Å². The molecular weight excluding hydrogens is 556 g/mol. The van der Waals surface area contributed by atoms with Gasteiger partial charge in [0, 0.05) is 17.7 Å². The number of cyclic esters (lactones) is 1. The number of nitrogens with zero attached hydrogens (tertiary/aromatic N) is 3. The molecule has 2 fully saturated rings. The van der Waals surface area contributed by atoms with E-state index in [4.69, 9.17) is 31.8 Å². The summed E-state index contributed by atoms with van der Waals surface area (Å²) < 4.78 is 12.3. The van der Waals surface area contributed by atoms with Crippen LogP contribution in [0.1, 0.15) is 84.3 Å². The first kappa shape index (κ1) is 26.9. The minimum atomic E-state index is -1.18. The summed E-state index contributed by atoms with van der Waals surface area (Å²) in [6.45, 7) is 5.55. The zero-order valence-electron chi connectivity index (χ0n) is 23.7. The molecule has 2 aromatic heterocycles. The van der Waals surface area contributed by atoms with Crippen LogP contribution in [-0.4, -0.2) is 33.4 Å². The fourth-order valence-electron chi connectivity index (χ4n) is 6.24. The molecule has 0 spiro atoms. The van der Waals surface area contributed by atoms with Crippen molar-refractivity contribution in [2.24, 2.45) is 17.6 Å². The number of anilines is 1. The highest BCUT2D eigenvalue weighted by Gasteiger charge is 2.55. The molecule has 9 nitrogen and oxygen atoms in total. The van der Waals surface area contributed by atoms with Crippen LogP contribution in [0.4, 0.5) is 5.69 Å². The highest BCUT2D eigenvalue weighted by Crippen LogP contribution is 2.54. The third kappa shape index (κ3) is 4.33. The van der Waals surface area contributed by atoms with E-state index in [0.717, 1.165) is 25.7 Å². The van der Waals surface area contributed by atoms with Gasteiger partial charge < -0.3 is 15.2 Å². The van der Waals surface area contributed by atoms with Gasteiger partial charge in [0.25, 0.3) is 11.8 Å². The molecule has 2 aliphatic heterocycles. The number of esters is 1. The van der Waals surface area contributed by atoms with Gasteiger partial charge in [0.1, 0.15) is 5.75 Å². The van der Waals surface area contributed by atoms with Crippen molar-refractivity contribution in [1.82, 2.24) is 9.97 Å². The van der Waals surface area contributed by atoms with E-state index < -0.39 is 23.1 Å². The van der Waals surface area contributed by atoms with E-state index in [0.29, 0.717) is 57.0 Å². The van der Waals surface area contributed by atoms with Crippen LogP contribution in [-0.2, 0) is 28.1 Å². The van der Waals surface area contributed by atoms with Crippen LogP contribution in [0.2, 0.25) is 5.02 Å². The Balaban J connectivity index is 1.40. The molecule has 216 valence electrons. The molecule has 3 aromatic rings. The van der Waals surface area contributed by atoms with Crippen molar-refractivity contribution in [1.29, 1.82) is 0 Å². The van der Waals surface area contributed by atoms with Crippen molar-refractivity contribution in [3.63, 3.8) is 0 Å². The maximum absolute atomic E-state index is 13.5. The minimum absolute atomic E-state index is 0.185. The molecule has 1 aromatic carbocycles. The Morgan fingerprint density at radius 2 is 1.83 bits per heavy atom. The zero-order valence-corrected chi connectivity index (χ0v) is 24.5. The third-order valence-corrected chi connectivity index (χ3v) is 9.03. The number of halogens is 1. The van der Waals surface area contributed by atoms with E-state index in [-0.39, 0.29) is 29.5 Å². The second-order valence-electron chi connectivity index (χ2n) is 12.5. The Morgan fingerprint density at radius 3 is 2.48 bits per heavy atom. The van der Waals surface area contributed by atoms with Crippen LogP contribution in [0.5, 0.6) is 5.75 Å². The number of benzene rings is 1. The lowest BCUT2D eigenvalue weighted by atomic mass is 9.86. The van der Waals surface area contributed by atoms with E-state index >= 15 is 0 Å². The van der Waals surface area contributed by atoms with Gasteiger partial charge in [-0.15, -0.1) is 0 Å². The number of carbonyl (C=O) groups is 3. The number of pyridine rings is 2. The molecule has 10 heteroatoms. The van der Waals surface area contributed by atoms with Gasteiger partial charge in [-0.2, -0.15) is 0 Å². The number of hydrogen-bond acceptors (Lipinski definition) is 7. The number of fused-ring (bicyclic) bond motifs is 2. The van der Waals surface area contributed by atoms with E-state index in [1.165, 1.54) is 0 Å². The fraction of sp³-hybridized carbons (Fsp3) is 0.406. The number of hydrogen-bond donors (Lipinski definition) is 1. The molecule has 4 heterocycles. The summed E-state index contributed by atoms with van der Waals surface area (Å²) in [4.78, 5) is 51.0. The molecule has 7 rings (SSSR count). The van der Waals surface area contributed by atoms with E-state index in [2.05, 4.69) is 4.98 Å². The average molecular weight is 587 g/mol. The van der Waals surface area contributed by atoms with Crippen molar-refractivity contribution in [2.75, 3.05) is 4.90 Å². The van der Waals surface area contributed by atoms with Crippen LogP contribution in [0, 0.1) is 11.8 Å². The van der Waals surface area contributed by atoms with E-state index in [1.807, 2.05) is 6.92 Å². The lowest BCUT2D eigenvalue weighted by molar-refractivity contribution is -0.132. The first-order valence-corrected chi connectivity index (χ1v) is 14.7. The van der Waals surface area contributed by atoms with Crippen LogP contribution < -0.4 is 15.4 Å². The van der Waals surface area contributed by atoms with Gasteiger partial charge in [-0.3, -0.25) is 24.5 Å². The summed E-state index contributed by atoms with van der Waals surface area (Å²) in [5.74, 6) is -0.324. The van der Waals surface area contributed by atoms with Gasteiger partial charge in [0.15, 0.2) is 11.2 Å². The molecule has 2 aliphatic carbocycles. The number of aromatic nitrogens is 2. The topological polar surface area (TPSA) is 125 Å². The molecule has 0 radical (unpaired) electrons. The smallest absolute Gasteiger partial charge is 0.341 e. The van der Waals surface area contributed by atoms with Crippen molar-refractivity contribution >= 4 is 35.1 Å². The molecule has 0 saturated heterocycles. The normalized spacial score (nSPS) is 22.3. The number of carbonyl (C=O) groups excluding carboxylic acids is 3. The SMILES string of the molecule is CC1(C)Oc2cc(-c3c(C(N)=O)c(CC4CC4)nc4c3C(=O)OC4(C)C3CC3)ccc2N(Cc2ccc(Cl)cn2)C1=O. The molecule has 2 amide bonds. The average Bonchev–Trinajstić information content (AvgIpc) is 3.86. The van der Waals surface area contributed by atoms with E-state index in [9.17, 15) is 14.4 Å². The molecule has 1 atom stereocenters. The van der Waals surface area contributed by atoms with Gasteiger partial charge in [-0.05, 0) is 88.6 Å². The number of nitrogens with two attached hydrogens (primary N) is 1. The monoisotopic (exact) mass is 586 g/mol. The molecule has 0 bridgehead atoms. The van der Waals surface area contributed by atoms with Gasteiger partial charge in [-0.25, -0.2) is 4.79 Å². The summed E-state index contributed by atoms with van der Waals surface area (Å²) in [7, 11) is 0. The summed E-state index contributed by atoms with van der Waals surface area (Å²) in [5.41, 5.74) is 7.91.